The third-order valence-electron chi connectivity index (χ3n) is 5.53. The van der Waals surface area contributed by atoms with Crippen LogP contribution in [0.25, 0.3) is 10.9 Å². The van der Waals surface area contributed by atoms with Crippen molar-refractivity contribution in [2.75, 3.05) is 19.6 Å². The molecule has 3 aromatic rings. The maximum absolute atomic E-state index is 12.9. The molecule has 0 saturated carbocycles. The molecular formula is C22H25N3O3. The highest BCUT2D eigenvalue weighted by Gasteiger charge is 2.25. The number of hydrogen-bond acceptors (Lipinski definition) is 4. The first-order valence-electron chi connectivity index (χ1n) is 9.70. The van der Waals surface area contributed by atoms with Gasteiger partial charge in [-0.05, 0) is 38.8 Å². The van der Waals surface area contributed by atoms with Crippen LogP contribution in [0, 0.1) is 13.8 Å². The van der Waals surface area contributed by atoms with Gasteiger partial charge in [-0.25, -0.2) is 0 Å². The molecule has 2 aromatic heterocycles. The first kappa shape index (κ1) is 18.5. The number of likely N-dealkylation sites (tertiary alicyclic amines) is 1. The van der Waals surface area contributed by atoms with Gasteiger partial charge in [-0.15, -0.1) is 0 Å². The molecule has 0 bridgehead atoms. The van der Waals surface area contributed by atoms with Crippen LogP contribution >= 0.6 is 0 Å². The summed E-state index contributed by atoms with van der Waals surface area (Å²) >= 11 is 0. The van der Waals surface area contributed by atoms with Crippen molar-refractivity contribution in [2.24, 2.45) is 0 Å². The number of nitrogens with zero attached hydrogens (tertiary/aromatic N) is 1. The minimum atomic E-state index is -0.161. The molecule has 6 nitrogen and oxygen atoms in total. The Bertz CT molecular complexity index is 1010. The molecule has 1 aliphatic rings. The molecular weight excluding hydrogens is 354 g/mol. The van der Waals surface area contributed by atoms with Crippen LogP contribution in [0.2, 0.25) is 0 Å². The number of aromatic nitrogens is 1. The van der Waals surface area contributed by atoms with Gasteiger partial charge >= 0.3 is 0 Å². The van der Waals surface area contributed by atoms with Crippen molar-refractivity contribution < 1.29 is 14.0 Å². The summed E-state index contributed by atoms with van der Waals surface area (Å²) in [5, 5.41) is 4.03. The van der Waals surface area contributed by atoms with Crippen molar-refractivity contribution in [2.45, 2.75) is 32.7 Å². The van der Waals surface area contributed by atoms with E-state index in [1.54, 1.807) is 6.07 Å². The van der Waals surface area contributed by atoms with Gasteiger partial charge in [0, 0.05) is 46.9 Å². The highest BCUT2D eigenvalue weighted by Crippen LogP contribution is 2.23. The van der Waals surface area contributed by atoms with Crippen LogP contribution in [-0.2, 0) is 0 Å². The summed E-state index contributed by atoms with van der Waals surface area (Å²) < 4.78 is 5.26. The number of Topliss-reactive ketones (excluding diaryl/α,β-unsaturated/α-hetero) is 1. The molecule has 0 aliphatic carbocycles. The number of furan rings is 1. The molecule has 1 amide bonds. The number of para-hydroxylation sites is 1. The summed E-state index contributed by atoms with van der Waals surface area (Å²) in [7, 11) is 0. The van der Waals surface area contributed by atoms with Gasteiger partial charge in [-0.1, -0.05) is 18.2 Å². The van der Waals surface area contributed by atoms with Crippen molar-refractivity contribution >= 4 is 22.6 Å². The second-order valence-electron chi connectivity index (χ2n) is 7.55. The zero-order chi connectivity index (χ0) is 19.7. The number of carbonyl (C=O) groups is 2. The lowest BCUT2D eigenvalue weighted by Gasteiger charge is -2.31. The number of aromatic amines is 1. The van der Waals surface area contributed by atoms with Gasteiger partial charge in [0.25, 0.3) is 5.91 Å². The zero-order valence-corrected chi connectivity index (χ0v) is 16.2. The van der Waals surface area contributed by atoms with Crippen LogP contribution in [0.4, 0.5) is 0 Å². The summed E-state index contributed by atoms with van der Waals surface area (Å²) in [4.78, 5) is 30.7. The molecule has 1 aromatic carbocycles. The smallest absolute Gasteiger partial charge is 0.287 e. The molecule has 1 fully saturated rings. The average Bonchev–Trinajstić information content (AvgIpc) is 3.25. The molecule has 4 rings (SSSR count). The maximum atomic E-state index is 12.9. The van der Waals surface area contributed by atoms with Crippen molar-refractivity contribution in [3.63, 3.8) is 0 Å². The molecule has 0 spiro atoms. The van der Waals surface area contributed by atoms with Crippen molar-refractivity contribution in [1.82, 2.24) is 15.2 Å². The highest BCUT2D eigenvalue weighted by molar-refractivity contribution is 6.10. The SMILES string of the molecule is Cc1ccoc1C(=O)NC1CCN(CC(=O)c2c(C)[nH]c3ccccc23)CC1. The first-order valence-corrected chi connectivity index (χ1v) is 9.70. The fourth-order valence-corrected chi connectivity index (χ4v) is 4.01. The Hall–Kier alpha value is -2.86. The monoisotopic (exact) mass is 379 g/mol. The minimum Gasteiger partial charge on any atom is -0.459 e. The fraction of sp³-hybridized carbons (Fsp3) is 0.364. The summed E-state index contributed by atoms with van der Waals surface area (Å²) in [5.41, 5.74) is 3.55. The third kappa shape index (κ3) is 3.60. The number of aryl methyl sites for hydroxylation is 2. The highest BCUT2D eigenvalue weighted by atomic mass is 16.3. The van der Waals surface area contributed by atoms with E-state index in [-0.39, 0.29) is 17.7 Å². The summed E-state index contributed by atoms with van der Waals surface area (Å²) in [5.74, 6) is 0.363. The Morgan fingerprint density at radius 2 is 1.93 bits per heavy atom. The third-order valence-corrected chi connectivity index (χ3v) is 5.53. The lowest BCUT2D eigenvalue weighted by molar-refractivity contribution is 0.0844. The van der Waals surface area contributed by atoms with Crippen LogP contribution in [0.1, 0.15) is 45.0 Å². The standard InChI is InChI=1S/C22H25N3O3/c1-14-9-12-28-21(14)22(27)24-16-7-10-25(11-8-16)13-19(26)20-15(2)23-18-6-4-3-5-17(18)20/h3-6,9,12,16,23H,7-8,10-11,13H2,1-2H3,(H,24,27). The number of nitrogens with one attached hydrogen (secondary N) is 2. The Balaban J connectivity index is 1.34. The zero-order valence-electron chi connectivity index (χ0n) is 16.2. The number of benzene rings is 1. The van der Waals surface area contributed by atoms with Gasteiger partial charge in [0.05, 0.1) is 12.8 Å². The molecule has 6 heteroatoms. The van der Waals surface area contributed by atoms with Crippen molar-refractivity contribution in [3.8, 4) is 0 Å². The Kier molecular flexibility index (Phi) is 5.05. The molecule has 0 radical (unpaired) electrons. The predicted octanol–water partition coefficient (Wildman–Crippen LogP) is 3.45. The molecule has 28 heavy (non-hydrogen) atoms. The summed E-state index contributed by atoms with van der Waals surface area (Å²) in [6.07, 6.45) is 3.18. The van der Waals surface area contributed by atoms with E-state index >= 15 is 0 Å². The molecule has 146 valence electrons. The minimum absolute atomic E-state index is 0.109. The van der Waals surface area contributed by atoms with Crippen LogP contribution in [-0.4, -0.2) is 47.3 Å². The number of carbonyl (C=O) groups excluding carboxylic acids is 2. The van der Waals surface area contributed by atoms with E-state index in [1.807, 2.05) is 38.1 Å². The summed E-state index contributed by atoms with van der Waals surface area (Å²) in [6, 6.07) is 9.81. The molecule has 3 heterocycles. The molecule has 2 N–H and O–H groups in total. The lowest BCUT2D eigenvalue weighted by Crippen LogP contribution is -2.46. The van der Waals surface area contributed by atoms with Crippen LogP contribution in [0.15, 0.2) is 41.0 Å². The van der Waals surface area contributed by atoms with Crippen LogP contribution < -0.4 is 5.32 Å². The van der Waals surface area contributed by atoms with E-state index in [1.165, 1.54) is 6.26 Å². The molecule has 0 unspecified atom stereocenters. The van der Waals surface area contributed by atoms with E-state index < -0.39 is 0 Å². The number of ketones is 1. The summed E-state index contributed by atoms with van der Waals surface area (Å²) in [6.45, 7) is 5.79. The van der Waals surface area contributed by atoms with E-state index in [9.17, 15) is 9.59 Å². The quantitative estimate of drug-likeness (QED) is 0.666. The number of fused-ring (bicyclic) bond motifs is 1. The van der Waals surface area contributed by atoms with Gasteiger partial charge in [-0.3, -0.25) is 14.5 Å². The first-order chi connectivity index (χ1) is 13.5. The van der Waals surface area contributed by atoms with Crippen LogP contribution in [0.5, 0.6) is 0 Å². The van der Waals surface area contributed by atoms with Crippen molar-refractivity contribution in [1.29, 1.82) is 0 Å². The average molecular weight is 379 g/mol. The van der Waals surface area contributed by atoms with E-state index in [0.717, 1.165) is 53.7 Å². The van der Waals surface area contributed by atoms with Crippen LogP contribution in [0.3, 0.4) is 0 Å². The number of rotatable bonds is 5. The molecule has 1 saturated heterocycles. The van der Waals surface area contributed by atoms with E-state index in [2.05, 4.69) is 15.2 Å². The van der Waals surface area contributed by atoms with Gasteiger partial charge in [0.2, 0.25) is 0 Å². The predicted molar refractivity (Wildman–Crippen MR) is 108 cm³/mol. The Morgan fingerprint density at radius 1 is 1.18 bits per heavy atom. The van der Waals surface area contributed by atoms with Gasteiger partial charge in [0.15, 0.2) is 11.5 Å². The number of amides is 1. The normalized spacial score (nSPS) is 15.8. The largest absolute Gasteiger partial charge is 0.459 e. The van der Waals surface area contributed by atoms with Gasteiger partial charge < -0.3 is 14.7 Å². The van der Waals surface area contributed by atoms with E-state index in [0.29, 0.717) is 12.3 Å². The maximum Gasteiger partial charge on any atom is 0.287 e. The second kappa shape index (κ2) is 7.64. The second-order valence-corrected chi connectivity index (χ2v) is 7.55. The topological polar surface area (TPSA) is 78.3 Å². The molecule has 0 atom stereocenters. The van der Waals surface area contributed by atoms with Gasteiger partial charge in [0.1, 0.15) is 0 Å². The lowest BCUT2D eigenvalue weighted by atomic mass is 10.0. The number of hydrogen-bond donors (Lipinski definition) is 2. The van der Waals surface area contributed by atoms with E-state index in [4.69, 9.17) is 4.42 Å². The molecule has 1 aliphatic heterocycles. The fourth-order valence-electron chi connectivity index (χ4n) is 4.01. The Labute approximate surface area is 163 Å². The van der Waals surface area contributed by atoms with Crippen molar-refractivity contribution in [3.05, 3.63) is 59.2 Å². The Morgan fingerprint density at radius 3 is 2.64 bits per heavy atom. The number of H-pyrrole nitrogens is 1. The van der Waals surface area contributed by atoms with Gasteiger partial charge in [-0.2, -0.15) is 0 Å². The number of piperidine rings is 1.